The first-order valence-electron chi connectivity index (χ1n) is 11.2. The molecule has 4 heteroatoms. The van der Waals surface area contributed by atoms with Crippen molar-refractivity contribution in [2.45, 2.75) is 104 Å². The monoisotopic (exact) mass is 390 g/mol. The molecule has 0 unspecified atom stereocenters. The third-order valence-corrected chi connectivity index (χ3v) is 5.89. The Morgan fingerprint density at radius 2 is 1.22 bits per heavy atom. The molecule has 0 atom stereocenters. The molecular formula is C23H38N2OS. The molecule has 0 bridgehead atoms. The first-order valence-corrected chi connectivity index (χ1v) is 12.1. The Morgan fingerprint density at radius 1 is 0.704 bits per heavy atom. The summed E-state index contributed by atoms with van der Waals surface area (Å²) in [5, 5.41) is 4.09. The fourth-order valence-electron chi connectivity index (χ4n) is 3.45. The van der Waals surface area contributed by atoms with E-state index in [1.807, 2.05) is 5.38 Å². The molecule has 0 aromatic carbocycles. The van der Waals surface area contributed by atoms with Crippen molar-refractivity contribution in [2.24, 2.45) is 0 Å². The lowest BCUT2D eigenvalue weighted by Gasteiger charge is -2.09. The number of hydrogen-bond acceptors (Lipinski definition) is 4. The number of hydrogen-bond donors (Lipinski definition) is 0. The zero-order valence-electron chi connectivity index (χ0n) is 17.5. The molecule has 0 N–H and O–H groups in total. The van der Waals surface area contributed by atoms with Crippen LogP contribution in [0.15, 0.2) is 10.8 Å². The van der Waals surface area contributed by atoms with Crippen molar-refractivity contribution >= 4 is 22.4 Å². The quantitative estimate of drug-likeness (QED) is 0.275. The van der Waals surface area contributed by atoms with Crippen LogP contribution in [-0.4, -0.2) is 16.6 Å². The topological polar surface area (TPSA) is 35.0 Å². The van der Waals surface area contributed by atoms with Gasteiger partial charge in [-0.2, -0.15) is 0 Å². The van der Waals surface area contributed by atoms with E-state index in [2.05, 4.69) is 29.2 Å². The molecule has 0 amide bonds. The molecular weight excluding hydrogens is 352 g/mol. The molecule has 27 heavy (non-hydrogen) atoms. The van der Waals surface area contributed by atoms with Crippen LogP contribution in [0.1, 0.15) is 103 Å². The Kier molecular flexibility index (Phi) is 11.4. The minimum Gasteiger partial charge on any atom is -0.476 e. The van der Waals surface area contributed by atoms with E-state index in [-0.39, 0.29) is 0 Å². The summed E-state index contributed by atoms with van der Waals surface area (Å²) >= 11 is 1.65. The van der Waals surface area contributed by atoms with Gasteiger partial charge in [0.1, 0.15) is 11.2 Å². The lowest BCUT2D eigenvalue weighted by molar-refractivity contribution is 0.290. The Labute approximate surface area is 170 Å². The van der Waals surface area contributed by atoms with Gasteiger partial charge in [0.05, 0.1) is 12.1 Å². The largest absolute Gasteiger partial charge is 0.476 e. The first-order chi connectivity index (χ1) is 13.3. The SMILES string of the molecule is CCCCCCCCCCCCCCCOc1nc2cscc2nc1CC. The van der Waals surface area contributed by atoms with Gasteiger partial charge in [-0.25, -0.2) is 9.97 Å². The number of rotatable bonds is 16. The second-order valence-electron chi connectivity index (χ2n) is 7.56. The third kappa shape index (κ3) is 8.59. The highest BCUT2D eigenvalue weighted by atomic mass is 32.1. The average Bonchev–Trinajstić information content (AvgIpc) is 3.14. The molecule has 0 aliphatic carbocycles. The molecule has 3 nitrogen and oxygen atoms in total. The van der Waals surface area contributed by atoms with E-state index in [4.69, 9.17) is 4.74 Å². The smallest absolute Gasteiger partial charge is 0.236 e. The summed E-state index contributed by atoms with van der Waals surface area (Å²) in [5.74, 6) is 0.738. The van der Waals surface area contributed by atoms with Gasteiger partial charge in [-0.1, -0.05) is 90.9 Å². The van der Waals surface area contributed by atoms with Gasteiger partial charge in [0.2, 0.25) is 5.88 Å². The normalized spacial score (nSPS) is 11.3. The van der Waals surface area contributed by atoms with E-state index >= 15 is 0 Å². The average molecular weight is 391 g/mol. The van der Waals surface area contributed by atoms with E-state index in [9.17, 15) is 0 Å². The van der Waals surface area contributed by atoms with Gasteiger partial charge >= 0.3 is 0 Å². The van der Waals surface area contributed by atoms with Gasteiger partial charge in [-0.15, -0.1) is 11.3 Å². The summed E-state index contributed by atoms with van der Waals surface area (Å²) in [6.45, 7) is 5.15. The number of nitrogens with zero attached hydrogens (tertiary/aromatic N) is 2. The molecule has 2 aromatic rings. The van der Waals surface area contributed by atoms with Crippen molar-refractivity contribution in [1.29, 1.82) is 0 Å². The van der Waals surface area contributed by atoms with Crippen LogP contribution in [0.25, 0.3) is 11.0 Å². The van der Waals surface area contributed by atoms with Crippen LogP contribution in [-0.2, 0) is 6.42 Å². The van der Waals surface area contributed by atoms with Crippen molar-refractivity contribution in [3.63, 3.8) is 0 Å². The second-order valence-corrected chi connectivity index (χ2v) is 8.31. The Bertz CT molecular complexity index is 626. The maximum Gasteiger partial charge on any atom is 0.236 e. The van der Waals surface area contributed by atoms with Gasteiger partial charge in [-0.3, -0.25) is 0 Å². The number of aryl methyl sites for hydroxylation is 1. The highest BCUT2D eigenvalue weighted by Gasteiger charge is 2.09. The first kappa shape index (κ1) is 22.1. The van der Waals surface area contributed by atoms with Crippen LogP contribution in [0.2, 0.25) is 0 Å². The number of ether oxygens (including phenoxy) is 1. The summed E-state index contributed by atoms with van der Waals surface area (Å²) in [4.78, 5) is 9.29. The molecule has 2 heterocycles. The summed E-state index contributed by atoms with van der Waals surface area (Å²) < 4.78 is 5.94. The van der Waals surface area contributed by atoms with Crippen LogP contribution in [0.3, 0.4) is 0 Å². The minimum absolute atomic E-state index is 0.738. The maximum atomic E-state index is 5.94. The molecule has 2 aromatic heterocycles. The lowest BCUT2D eigenvalue weighted by atomic mass is 10.0. The van der Waals surface area contributed by atoms with Crippen molar-refractivity contribution in [3.05, 3.63) is 16.5 Å². The number of aromatic nitrogens is 2. The number of fused-ring (bicyclic) bond motifs is 1. The number of thiophene rings is 1. The van der Waals surface area contributed by atoms with E-state index in [0.717, 1.165) is 42.1 Å². The molecule has 0 aliphatic heterocycles. The van der Waals surface area contributed by atoms with Crippen LogP contribution in [0, 0.1) is 0 Å². The fraction of sp³-hybridized carbons (Fsp3) is 0.739. The molecule has 0 fully saturated rings. The zero-order chi connectivity index (χ0) is 19.2. The number of unbranched alkanes of at least 4 members (excludes halogenated alkanes) is 12. The third-order valence-electron chi connectivity index (χ3n) is 5.17. The summed E-state index contributed by atoms with van der Waals surface area (Å²) in [6.07, 6.45) is 18.7. The molecule has 0 radical (unpaired) electrons. The van der Waals surface area contributed by atoms with E-state index in [1.54, 1.807) is 11.3 Å². The fourth-order valence-corrected chi connectivity index (χ4v) is 4.13. The minimum atomic E-state index is 0.738. The van der Waals surface area contributed by atoms with E-state index < -0.39 is 0 Å². The molecule has 152 valence electrons. The van der Waals surface area contributed by atoms with Crippen LogP contribution in [0.5, 0.6) is 5.88 Å². The Morgan fingerprint density at radius 3 is 1.78 bits per heavy atom. The van der Waals surface area contributed by atoms with Gasteiger partial charge in [-0.05, 0) is 12.8 Å². The van der Waals surface area contributed by atoms with Crippen molar-refractivity contribution in [1.82, 2.24) is 9.97 Å². The Balaban J connectivity index is 1.46. The van der Waals surface area contributed by atoms with E-state index in [0.29, 0.717) is 0 Å². The van der Waals surface area contributed by atoms with Crippen molar-refractivity contribution in [2.75, 3.05) is 6.61 Å². The standard InChI is InChI=1S/C23H38N2OS/c1-3-5-6-7-8-9-10-11-12-13-14-15-16-17-26-23-20(4-2)24-21-18-27-19-22(21)25-23/h18-19H,3-17H2,1-2H3. The van der Waals surface area contributed by atoms with E-state index in [1.165, 1.54) is 77.0 Å². The summed E-state index contributed by atoms with van der Waals surface area (Å²) in [7, 11) is 0. The Hall–Kier alpha value is -1.16. The summed E-state index contributed by atoms with van der Waals surface area (Å²) in [6, 6.07) is 0. The maximum absolute atomic E-state index is 5.94. The van der Waals surface area contributed by atoms with Gasteiger partial charge < -0.3 is 4.74 Å². The van der Waals surface area contributed by atoms with Crippen LogP contribution in [0.4, 0.5) is 0 Å². The predicted molar refractivity (Wildman–Crippen MR) is 118 cm³/mol. The van der Waals surface area contributed by atoms with Crippen molar-refractivity contribution in [3.8, 4) is 5.88 Å². The predicted octanol–water partition coefficient (Wildman–Crippen LogP) is 7.72. The molecule has 0 aliphatic rings. The highest BCUT2D eigenvalue weighted by molar-refractivity contribution is 7.09. The van der Waals surface area contributed by atoms with Crippen LogP contribution < -0.4 is 4.74 Å². The molecule has 0 saturated carbocycles. The lowest BCUT2D eigenvalue weighted by Crippen LogP contribution is -2.04. The molecule has 0 saturated heterocycles. The van der Waals surface area contributed by atoms with Gasteiger partial charge in [0.25, 0.3) is 0 Å². The van der Waals surface area contributed by atoms with Crippen LogP contribution >= 0.6 is 11.3 Å². The molecule has 2 rings (SSSR count). The highest BCUT2D eigenvalue weighted by Crippen LogP contribution is 2.22. The second kappa shape index (κ2) is 13.9. The van der Waals surface area contributed by atoms with Gasteiger partial charge in [0, 0.05) is 10.8 Å². The van der Waals surface area contributed by atoms with Crippen molar-refractivity contribution < 1.29 is 4.74 Å². The zero-order valence-corrected chi connectivity index (χ0v) is 18.3. The van der Waals surface area contributed by atoms with Gasteiger partial charge in [0.15, 0.2) is 0 Å². The molecule has 0 spiro atoms. The summed E-state index contributed by atoms with van der Waals surface area (Å²) in [5.41, 5.74) is 2.93.